The summed E-state index contributed by atoms with van der Waals surface area (Å²) in [6, 6.07) is 15.4. The van der Waals surface area contributed by atoms with Crippen molar-refractivity contribution >= 4 is 17.5 Å². The molecule has 0 unspecified atom stereocenters. The molecule has 0 radical (unpaired) electrons. The molecule has 0 spiro atoms. The number of carbonyl (C=O) groups excluding carboxylic acids is 2. The van der Waals surface area contributed by atoms with E-state index in [1.165, 1.54) is 24.0 Å². The molecule has 0 saturated carbocycles. The summed E-state index contributed by atoms with van der Waals surface area (Å²) in [5.41, 5.74) is 8.93. The van der Waals surface area contributed by atoms with Gasteiger partial charge in [-0.05, 0) is 49.6 Å². The standard InChI is InChI=1S/C24H33N3O2/c1-5-6-7-18-8-10-19(11-9-18)22(16(2)3)26-17(4)24(29)27-21-14-12-20(13-15-21)23(25)28/h8-17,22,26H,5-7H2,1-4H3,(H2,25,28)(H,27,29)/p+1/t17-,22-/m1/s1. The minimum Gasteiger partial charge on any atom is -0.366 e. The van der Waals surface area contributed by atoms with E-state index < -0.39 is 5.91 Å². The monoisotopic (exact) mass is 396 g/mol. The predicted molar refractivity (Wildman–Crippen MR) is 118 cm³/mol. The van der Waals surface area contributed by atoms with Gasteiger partial charge in [0.05, 0.1) is 0 Å². The minimum atomic E-state index is -0.481. The van der Waals surface area contributed by atoms with Crippen LogP contribution in [0.4, 0.5) is 5.69 Å². The van der Waals surface area contributed by atoms with Crippen molar-refractivity contribution in [2.75, 3.05) is 5.32 Å². The molecule has 5 nitrogen and oxygen atoms in total. The summed E-state index contributed by atoms with van der Waals surface area (Å²) in [6.07, 6.45) is 3.51. The molecule has 0 aliphatic carbocycles. The van der Waals surface area contributed by atoms with Crippen LogP contribution in [0.3, 0.4) is 0 Å². The van der Waals surface area contributed by atoms with Crippen LogP contribution in [0, 0.1) is 5.92 Å². The molecule has 2 rings (SSSR count). The number of hydrogen-bond acceptors (Lipinski definition) is 2. The zero-order chi connectivity index (χ0) is 21.4. The number of benzene rings is 2. The quantitative estimate of drug-likeness (QED) is 0.574. The smallest absolute Gasteiger partial charge is 0.282 e. The highest BCUT2D eigenvalue weighted by molar-refractivity contribution is 5.95. The molecule has 0 heterocycles. The maximum Gasteiger partial charge on any atom is 0.282 e. The molecule has 5 heteroatoms. The Hall–Kier alpha value is -2.66. The maximum atomic E-state index is 12.7. The van der Waals surface area contributed by atoms with Crippen LogP contribution in [-0.4, -0.2) is 17.9 Å². The first-order valence-electron chi connectivity index (χ1n) is 10.5. The van der Waals surface area contributed by atoms with E-state index in [0.717, 1.165) is 6.42 Å². The third kappa shape index (κ3) is 6.71. The van der Waals surface area contributed by atoms with Gasteiger partial charge in [-0.3, -0.25) is 9.59 Å². The maximum absolute atomic E-state index is 12.7. The van der Waals surface area contributed by atoms with Crippen molar-refractivity contribution < 1.29 is 14.9 Å². The molecule has 2 atom stereocenters. The van der Waals surface area contributed by atoms with E-state index in [0.29, 0.717) is 17.2 Å². The number of carbonyl (C=O) groups is 2. The molecule has 0 fully saturated rings. The fraction of sp³-hybridized carbons (Fsp3) is 0.417. The van der Waals surface area contributed by atoms with Gasteiger partial charge in [0.25, 0.3) is 5.91 Å². The van der Waals surface area contributed by atoms with Crippen LogP contribution in [0.5, 0.6) is 0 Å². The molecule has 5 N–H and O–H groups in total. The number of primary amides is 1. The zero-order valence-electron chi connectivity index (χ0n) is 17.9. The Morgan fingerprint density at radius 1 is 1.00 bits per heavy atom. The Labute approximate surface area is 174 Å². The van der Waals surface area contributed by atoms with Crippen LogP contribution in [0.1, 0.15) is 68.1 Å². The summed E-state index contributed by atoms with van der Waals surface area (Å²) in [5, 5.41) is 5.04. The second-order valence-electron chi connectivity index (χ2n) is 8.03. The van der Waals surface area contributed by atoms with Crippen LogP contribution < -0.4 is 16.4 Å². The van der Waals surface area contributed by atoms with E-state index >= 15 is 0 Å². The van der Waals surface area contributed by atoms with E-state index in [1.807, 2.05) is 6.92 Å². The summed E-state index contributed by atoms with van der Waals surface area (Å²) >= 11 is 0. The number of quaternary nitrogens is 1. The molecule has 2 amide bonds. The van der Waals surface area contributed by atoms with Gasteiger partial charge in [-0.2, -0.15) is 0 Å². The highest BCUT2D eigenvalue weighted by Gasteiger charge is 2.26. The third-order valence-electron chi connectivity index (χ3n) is 5.25. The minimum absolute atomic E-state index is 0.0676. The fourth-order valence-corrected chi connectivity index (χ4v) is 3.38. The number of unbranched alkanes of at least 4 members (excludes halogenated alkanes) is 1. The fourth-order valence-electron chi connectivity index (χ4n) is 3.38. The predicted octanol–water partition coefficient (Wildman–Crippen LogP) is 3.42. The lowest BCUT2D eigenvalue weighted by molar-refractivity contribution is -0.718. The largest absolute Gasteiger partial charge is 0.366 e. The molecule has 156 valence electrons. The summed E-state index contributed by atoms with van der Waals surface area (Å²) < 4.78 is 0. The second-order valence-corrected chi connectivity index (χ2v) is 8.03. The van der Waals surface area contributed by atoms with Gasteiger partial charge in [0.2, 0.25) is 5.91 Å². The number of hydrogen-bond donors (Lipinski definition) is 3. The second kappa shape index (κ2) is 10.8. The molecule has 2 aromatic carbocycles. The van der Waals surface area contributed by atoms with Crippen LogP contribution >= 0.6 is 0 Å². The van der Waals surface area contributed by atoms with Crippen molar-refractivity contribution in [3.8, 4) is 0 Å². The van der Waals surface area contributed by atoms with Gasteiger partial charge in [-0.15, -0.1) is 0 Å². The molecule has 0 aliphatic rings. The Morgan fingerprint density at radius 2 is 1.62 bits per heavy atom. The number of anilines is 1. The molecule has 0 aromatic heterocycles. The van der Waals surface area contributed by atoms with Crippen LogP contribution in [-0.2, 0) is 11.2 Å². The van der Waals surface area contributed by atoms with Crippen molar-refractivity contribution in [1.29, 1.82) is 0 Å². The summed E-state index contributed by atoms with van der Waals surface area (Å²) in [5.74, 6) is -0.159. The third-order valence-corrected chi connectivity index (χ3v) is 5.25. The molecular weight excluding hydrogens is 362 g/mol. The number of rotatable bonds is 10. The van der Waals surface area contributed by atoms with E-state index in [4.69, 9.17) is 5.73 Å². The highest BCUT2D eigenvalue weighted by atomic mass is 16.2. The number of aryl methyl sites for hydroxylation is 1. The topological polar surface area (TPSA) is 88.8 Å². The Morgan fingerprint density at radius 3 is 2.14 bits per heavy atom. The van der Waals surface area contributed by atoms with Gasteiger partial charge in [-0.25, -0.2) is 0 Å². The first kappa shape index (κ1) is 22.6. The summed E-state index contributed by atoms with van der Waals surface area (Å²) in [6.45, 7) is 8.48. The van der Waals surface area contributed by atoms with Gasteiger partial charge in [0.1, 0.15) is 6.04 Å². The van der Waals surface area contributed by atoms with E-state index in [1.54, 1.807) is 24.3 Å². The van der Waals surface area contributed by atoms with Gasteiger partial charge < -0.3 is 16.4 Å². The van der Waals surface area contributed by atoms with E-state index in [2.05, 4.69) is 55.7 Å². The van der Waals surface area contributed by atoms with Crippen molar-refractivity contribution in [1.82, 2.24) is 0 Å². The lowest BCUT2D eigenvalue weighted by Gasteiger charge is -2.23. The highest BCUT2D eigenvalue weighted by Crippen LogP contribution is 2.19. The lowest BCUT2D eigenvalue weighted by atomic mass is 9.93. The van der Waals surface area contributed by atoms with Gasteiger partial charge >= 0.3 is 0 Å². The van der Waals surface area contributed by atoms with Crippen molar-refractivity contribution in [3.63, 3.8) is 0 Å². The normalized spacial score (nSPS) is 13.1. The van der Waals surface area contributed by atoms with Gasteiger partial charge in [-0.1, -0.05) is 51.5 Å². The first-order valence-corrected chi connectivity index (χ1v) is 10.5. The molecular formula is C24H34N3O2+. The van der Waals surface area contributed by atoms with Crippen LogP contribution in [0.15, 0.2) is 48.5 Å². The van der Waals surface area contributed by atoms with Crippen LogP contribution in [0.25, 0.3) is 0 Å². The SMILES string of the molecule is CCCCc1ccc([C@H]([NH2+][C@H](C)C(=O)Nc2ccc(C(N)=O)cc2)C(C)C)cc1. The van der Waals surface area contributed by atoms with E-state index in [-0.39, 0.29) is 18.0 Å². The van der Waals surface area contributed by atoms with Crippen molar-refractivity contribution in [3.05, 3.63) is 65.2 Å². The Kier molecular flexibility index (Phi) is 8.40. The first-order chi connectivity index (χ1) is 13.8. The number of nitrogens with two attached hydrogens (primary N) is 2. The average molecular weight is 397 g/mol. The molecule has 0 bridgehead atoms. The lowest BCUT2D eigenvalue weighted by Crippen LogP contribution is -2.93. The van der Waals surface area contributed by atoms with Gasteiger partial charge in [0, 0.05) is 22.7 Å². The Bertz CT molecular complexity index is 798. The average Bonchev–Trinajstić information content (AvgIpc) is 2.70. The summed E-state index contributed by atoms with van der Waals surface area (Å²) in [4.78, 5) is 23.8. The van der Waals surface area contributed by atoms with Crippen molar-refractivity contribution in [2.24, 2.45) is 11.7 Å². The van der Waals surface area contributed by atoms with Crippen molar-refractivity contribution in [2.45, 2.75) is 59.0 Å². The summed E-state index contributed by atoms with van der Waals surface area (Å²) in [7, 11) is 0. The molecule has 29 heavy (non-hydrogen) atoms. The zero-order valence-corrected chi connectivity index (χ0v) is 17.9. The van der Waals surface area contributed by atoms with E-state index in [9.17, 15) is 9.59 Å². The van der Waals surface area contributed by atoms with Crippen LogP contribution in [0.2, 0.25) is 0 Å². The van der Waals surface area contributed by atoms with Gasteiger partial charge in [0.15, 0.2) is 6.04 Å². The molecule has 0 saturated heterocycles. The molecule has 2 aromatic rings. The number of nitrogens with one attached hydrogen (secondary N) is 1. The Balaban J connectivity index is 2.01. The molecule has 0 aliphatic heterocycles. The number of amides is 2.